The van der Waals surface area contributed by atoms with Crippen LogP contribution in [-0.2, 0) is 6.18 Å². The van der Waals surface area contributed by atoms with E-state index in [0.29, 0.717) is 11.8 Å². The van der Waals surface area contributed by atoms with Crippen LogP contribution in [0.3, 0.4) is 0 Å². The highest BCUT2D eigenvalue weighted by Gasteiger charge is 2.38. The van der Waals surface area contributed by atoms with Crippen LogP contribution in [0.25, 0.3) is 0 Å². The van der Waals surface area contributed by atoms with Gasteiger partial charge in [0, 0.05) is 12.1 Å². The van der Waals surface area contributed by atoms with Crippen molar-refractivity contribution < 1.29 is 40.6 Å². The molecule has 0 amide bonds. The molecule has 0 aliphatic heterocycles. The summed E-state index contributed by atoms with van der Waals surface area (Å²) in [6.45, 7) is 2.99. The van der Waals surface area contributed by atoms with Crippen LogP contribution in [0.2, 0.25) is 0 Å². The molecule has 0 aromatic heterocycles. The maximum Gasteiger partial charge on any atom is 0.416 e. The molecule has 0 aliphatic rings. The predicted octanol–water partition coefficient (Wildman–Crippen LogP) is 7.36. The molecule has 0 heterocycles. The van der Waals surface area contributed by atoms with Crippen LogP contribution in [0.5, 0.6) is 11.5 Å². The maximum absolute atomic E-state index is 14.8. The molecule has 194 valence electrons. The molecule has 3 aromatic carbocycles. The lowest BCUT2D eigenvalue weighted by Gasteiger charge is -2.24. The number of hydrogen-bond acceptors (Lipinski definition) is 3. The summed E-state index contributed by atoms with van der Waals surface area (Å²) < 4.78 is 98.2. The Morgan fingerprint density at radius 3 is 1.94 bits per heavy atom. The summed E-state index contributed by atoms with van der Waals surface area (Å²) in [6.07, 6.45) is -12.5. The van der Waals surface area contributed by atoms with Gasteiger partial charge in [-0.25, -0.2) is 4.39 Å². The van der Waals surface area contributed by atoms with E-state index in [0.717, 1.165) is 11.6 Å². The maximum atomic E-state index is 14.8. The normalized spacial score (nSPS) is 14.1. The van der Waals surface area contributed by atoms with Gasteiger partial charge in [0.1, 0.15) is 17.3 Å². The van der Waals surface area contributed by atoms with Crippen molar-refractivity contribution in [2.45, 2.75) is 44.3 Å². The highest BCUT2D eigenvalue weighted by atomic mass is 19.4. The van der Waals surface area contributed by atoms with Crippen molar-refractivity contribution in [3.8, 4) is 11.5 Å². The molecule has 0 spiro atoms. The van der Waals surface area contributed by atoms with E-state index in [9.17, 15) is 35.8 Å². The van der Waals surface area contributed by atoms with Crippen LogP contribution in [0.1, 0.15) is 48.1 Å². The van der Waals surface area contributed by atoms with Gasteiger partial charge in [-0.15, -0.1) is 0 Å². The van der Waals surface area contributed by atoms with Crippen LogP contribution in [0, 0.1) is 5.82 Å². The molecule has 0 radical (unpaired) electrons. The molecule has 2 N–H and O–H groups in total. The van der Waals surface area contributed by atoms with E-state index in [1.807, 2.05) is 26.0 Å². The summed E-state index contributed by atoms with van der Waals surface area (Å²) in [4.78, 5) is 0. The number of hydrogen-bond donors (Lipinski definition) is 2. The number of rotatable bonds is 8. The fraction of sp³-hybridized carbons (Fsp3) is 0.308. The molecule has 0 saturated carbocycles. The number of aliphatic hydroxyl groups excluding tert-OH is 1. The van der Waals surface area contributed by atoms with Gasteiger partial charge in [0.15, 0.2) is 6.10 Å². The molecule has 10 heteroatoms. The number of ether oxygens (including phenoxy) is 1. The molecule has 0 bridgehead atoms. The van der Waals surface area contributed by atoms with E-state index >= 15 is 0 Å². The fourth-order valence-electron chi connectivity index (χ4n) is 3.52. The summed E-state index contributed by atoms with van der Waals surface area (Å²) in [5.74, 6) is -0.254. The zero-order valence-corrected chi connectivity index (χ0v) is 19.3. The van der Waals surface area contributed by atoms with Gasteiger partial charge in [0.25, 0.3) is 0 Å². The van der Waals surface area contributed by atoms with Gasteiger partial charge in [-0.3, -0.25) is 0 Å². The average Bonchev–Trinajstić information content (AvgIpc) is 2.79. The second-order valence-corrected chi connectivity index (χ2v) is 8.53. The second-order valence-electron chi connectivity index (χ2n) is 8.53. The molecule has 0 aliphatic carbocycles. The van der Waals surface area contributed by atoms with E-state index in [4.69, 9.17) is 4.74 Å². The van der Waals surface area contributed by atoms with Gasteiger partial charge >= 0.3 is 12.4 Å². The largest absolute Gasteiger partial charge is 0.457 e. The molecule has 3 nitrogen and oxygen atoms in total. The zero-order valence-electron chi connectivity index (χ0n) is 19.3. The molecule has 2 atom stereocenters. The van der Waals surface area contributed by atoms with E-state index in [-0.39, 0.29) is 28.9 Å². The first-order chi connectivity index (χ1) is 16.8. The lowest BCUT2D eigenvalue weighted by Crippen LogP contribution is -2.40. The van der Waals surface area contributed by atoms with Gasteiger partial charge in [0.05, 0.1) is 11.6 Å². The Morgan fingerprint density at radius 2 is 1.42 bits per heavy atom. The highest BCUT2D eigenvalue weighted by molar-refractivity contribution is 5.41. The predicted molar refractivity (Wildman–Crippen MR) is 120 cm³/mol. The van der Waals surface area contributed by atoms with Crippen LogP contribution >= 0.6 is 0 Å². The Kier molecular flexibility index (Phi) is 8.30. The van der Waals surface area contributed by atoms with Crippen molar-refractivity contribution in [3.63, 3.8) is 0 Å². The summed E-state index contributed by atoms with van der Waals surface area (Å²) in [5, 5.41) is 11.8. The van der Waals surface area contributed by atoms with Crippen molar-refractivity contribution in [1.82, 2.24) is 5.32 Å². The molecule has 36 heavy (non-hydrogen) atoms. The number of nitrogens with one attached hydrogen (secondary N) is 1. The lowest BCUT2D eigenvalue weighted by atomic mass is 9.96. The summed E-state index contributed by atoms with van der Waals surface area (Å²) >= 11 is 0. The number of alkyl halides is 6. The molecular weight excluding hydrogens is 491 g/mol. The van der Waals surface area contributed by atoms with Crippen molar-refractivity contribution in [2.75, 3.05) is 6.54 Å². The van der Waals surface area contributed by atoms with Crippen molar-refractivity contribution >= 4 is 0 Å². The van der Waals surface area contributed by atoms with Gasteiger partial charge in [-0.05, 0) is 53.4 Å². The van der Waals surface area contributed by atoms with Gasteiger partial charge < -0.3 is 15.2 Å². The van der Waals surface area contributed by atoms with Gasteiger partial charge in [0.2, 0.25) is 0 Å². The topological polar surface area (TPSA) is 41.5 Å². The summed E-state index contributed by atoms with van der Waals surface area (Å²) in [7, 11) is 0. The van der Waals surface area contributed by atoms with Gasteiger partial charge in [-0.2, -0.15) is 26.3 Å². The summed E-state index contributed by atoms with van der Waals surface area (Å²) in [5.41, 5.74) is -0.326. The van der Waals surface area contributed by atoms with Crippen LogP contribution in [0.15, 0.2) is 66.7 Å². The third-order valence-corrected chi connectivity index (χ3v) is 5.48. The number of aliphatic hydroxyl groups is 1. The molecule has 3 rings (SSSR count). The monoisotopic (exact) mass is 515 g/mol. The van der Waals surface area contributed by atoms with Crippen LogP contribution in [0.4, 0.5) is 30.7 Å². The minimum absolute atomic E-state index is 0.223. The quantitative estimate of drug-likeness (QED) is 0.308. The Balaban J connectivity index is 1.97. The van der Waals surface area contributed by atoms with E-state index in [1.54, 1.807) is 18.2 Å². The summed E-state index contributed by atoms with van der Waals surface area (Å²) in [6, 6.07) is 13.7. The smallest absolute Gasteiger partial charge is 0.416 e. The number of benzene rings is 3. The molecule has 3 aromatic rings. The Labute approximate surface area is 203 Å². The van der Waals surface area contributed by atoms with E-state index in [1.165, 1.54) is 18.2 Å². The molecule has 1 unspecified atom stereocenters. The minimum Gasteiger partial charge on any atom is -0.457 e. The third-order valence-electron chi connectivity index (χ3n) is 5.48. The van der Waals surface area contributed by atoms with E-state index < -0.39 is 42.4 Å². The molecule has 0 fully saturated rings. The Hall–Kier alpha value is -3.11. The Bertz CT molecular complexity index is 1180. The van der Waals surface area contributed by atoms with Crippen LogP contribution in [-0.4, -0.2) is 23.9 Å². The first kappa shape index (κ1) is 27.5. The second kappa shape index (κ2) is 10.9. The molecular formula is C26H24F7NO2. The van der Waals surface area contributed by atoms with Crippen LogP contribution < -0.4 is 10.1 Å². The standard InChI is InChI=1S/C26H24F7NO2/c1-15(2)16-5-3-7-19(11-16)36-20-8-4-6-17(12-20)24(34-14-23(35)26(31,32)33)21-10-9-18(13-22(21)27)25(28,29)30/h3-13,15,23-24,34-35H,14H2,1-2H3/t23-,24?/m1/s1. The first-order valence-electron chi connectivity index (χ1n) is 11.0. The SMILES string of the molecule is CC(C)c1cccc(Oc2cccc(C(NC[C@@H](O)C(F)(F)F)c3ccc(C(F)(F)F)cc3F)c2)c1. The zero-order chi connectivity index (χ0) is 26.7. The van der Waals surface area contributed by atoms with Gasteiger partial charge in [-0.1, -0.05) is 44.2 Å². The highest BCUT2D eigenvalue weighted by Crippen LogP contribution is 2.34. The average molecular weight is 515 g/mol. The lowest BCUT2D eigenvalue weighted by molar-refractivity contribution is -0.202. The molecule has 0 saturated heterocycles. The first-order valence-corrected chi connectivity index (χ1v) is 11.0. The van der Waals surface area contributed by atoms with E-state index in [2.05, 4.69) is 5.32 Å². The Morgan fingerprint density at radius 1 is 0.833 bits per heavy atom. The van der Waals surface area contributed by atoms with Crippen molar-refractivity contribution in [2.24, 2.45) is 0 Å². The van der Waals surface area contributed by atoms with Crippen molar-refractivity contribution in [3.05, 3.63) is 94.8 Å². The fourth-order valence-corrected chi connectivity index (χ4v) is 3.52. The third kappa shape index (κ3) is 6.98. The van der Waals surface area contributed by atoms with Crippen molar-refractivity contribution in [1.29, 1.82) is 0 Å². The number of halogens is 7. The minimum atomic E-state index is -4.94.